The molecule has 124 valence electrons. The molecule has 1 N–H and O–H groups in total. The van der Waals surface area contributed by atoms with E-state index >= 15 is 0 Å². The van der Waals surface area contributed by atoms with Gasteiger partial charge in [0, 0.05) is 11.6 Å². The molecule has 0 unspecified atom stereocenters. The van der Waals surface area contributed by atoms with E-state index in [-0.39, 0.29) is 23.1 Å². The minimum absolute atomic E-state index is 0.0431. The maximum atomic E-state index is 12.2. The van der Waals surface area contributed by atoms with Gasteiger partial charge in [-0.1, -0.05) is 35.3 Å². The number of halogens is 2. The number of ether oxygens (including phenoxy) is 1. The van der Waals surface area contributed by atoms with Gasteiger partial charge in [-0.15, -0.1) is 0 Å². The van der Waals surface area contributed by atoms with Crippen molar-refractivity contribution in [3.8, 4) is 5.75 Å². The molecule has 0 fully saturated rings. The number of nitrogens with one attached hydrogen (secondary N) is 1. The first-order chi connectivity index (χ1) is 10.8. The normalized spacial score (nSPS) is 11.5. The number of sulfonamides is 1. The average molecular weight is 374 g/mol. The Balaban J connectivity index is 1.98. The molecule has 0 radical (unpaired) electrons. The topological polar surface area (TPSA) is 55.4 Å². The number of benzene rings is 2. The van der Waals surface area contributed by atoms with Gasteiger partial charge in [0.2, 0.25) is 10.0 Å². The van der Waals surface area contributed by atoms with E-state index in [1.165, 1.54) is 18.2 Å². The Hall–Kier alpha value is -1.27. The zero-order valence-electron chi connectivity index (χ0n) is 12.8. The van der Waals surface area contributed by atoms with E-state index in [4.69, 9.17) is 27.9 Å². The van der Waals surface area contributed by atoms with Crippen molar-refractivity contribution in [2.45, 2.75) is 18.7 Å². The average Bonchev–Trinajstić information content (AvgIpc) is 2.49. The predicted molar refractivity (Wildman–Crippen MR) is 93.1 cm³/mol. The molecule has 0 saturated carbocycles. The Kier molecular flexibility index (Phi) is 5.92. The van der Waals surface area contributed by atoms with E-state index in [0.29, 0.717) is 5.02 Å². The third kappa shape index (κ3) is 4.85. The zero-order valence-corrected chi connectivity index (χ0v) is 15.1. The maximum absolute atomic E-state index is 12.2. The minimum atomic E-state index is -3.73. The molecular weight excluding hydrogens is 357 g/mol. The molecule has 7 heteroatoms. The first-order valence-electron chi connectivity index (χ1n) is 6.94. The summed E-state index contributed by atoms with van der Waals surface area (Å²) in [6, 6.07) is 10.2. The van der Waals surface area contributed by atoms with Crippen LogP contribution in [0.4, 0.5) is 0 Å². The van der Waals surface area contributed by atoms with Crippen LogP contribution in [0.1, 0.15) is 11.1 Å². The minimum Gasteiger partial charge on any atom is -0.492 e. The Morgan fingerprint density at radius 3 is 2.57 bits per heavy atom. The molecule has 0 aliphatic rings. The van der Waals surface area contributed by atoms with Crippen LogP contribution in [0.15, 0.2) is 41.3 Å². The highest BCUT2D eigenvalue weighted by Gasteiger charge is 2.17. The first kappa shape index (κ1) is 18.1. The molecular formula is C16H17Cl2NO3S. The predicted octanol–water partition coefficient (Wildman–Crippen LogP) is 3.97. The summed E-state index contributed by atoms with van der Waals surface area (Å²) in [4.78, 5) is -0.0431. The maximum Gasteiger partial charge on any atom is 0.242 e. The summed E-state index contributed by atoms with van der Waals surface area (Å²) in [6.45, 7) is 4.24. The van der Waals surface area contributed by atoms with Crippen LogP contribution in [0.2, 0.25) is 10.0 Å². The van der Waals surface area contributed by atoms with Crippen molar-refractivity contribution in [2.24, 2.45) is 0 Å². The summed E-state index contributed by atoms with van der Waals surface area (Å²) in [7, 11) is -3.73. The standard InChI is InChI=1S/C16H17Cl2NO3S/c1-11-3-4-12(2)15(9-11)22-8-7-19-23(20,21)16-10-13(17)5-6-14(16)18/h3-6,9-10,19H,7-8H2,1-2H3. The molecule has 0 aliphatic heterocycles. The molecule has 2 rings (SSSR count). The monoisotopic (exact) mass is 373 g/mol. The molecule has 2 aromatic rings. The van der Waals surface area contributed by atoms with Crippen molar-refractivity contribution in [1.29, 1.82) is 0 Å². The fourth-order valence-electron chi connectivity index (χ4n) is 1.96. The largest absolute Gasteiger partial charge is 0.492 e. The number of rotatable bonds is 6. The Morgan fingerprint density at radius 2 is 1.83 bits per heavy atom. The van der Waals surface area contributed by atoms with E-state index in [0.717, 1.165) is 16.9 Å². The lowest BCUT2D eigenvalue weighted by atomic mass is 10.1. The Labute approximate surface area is 146 Å². The Bertz CT molecular complexity index is 807. The molecule has 0 bridgehead atoms. The van der Waals surface area contributed by atoms with Gasteiger partial charge in [0.05, 0.1) is 5.02 Å². The fourth-order valence-corrected chi connectivity index (χ4v) is 3.73. The van der Waals surface area contributed by atoms with Crippen LogP contribution in [-0.2, 0) is 10.0 Å². The second kappa shape index (κ2) is 7.53. The van der Waals surface area contributed by atoms with E-state index in [9.17, 15) is 8.42 Å². The van der Waals surface area contributed by atoms with Crippen LogP contribution >= 0.6 is 23.2 Å². The fraction of sp³-hybridized carbons (Fsp3) is 0.250. The van der Waals surface area contributed by atoms with Crippen LogP contribution in [0.3, 0.4) is 0 Å². The van der Waals surface area contributed by atoms with Crippen molar-refractivity contribution in [3.05, 3.63) is 57.6 Å². The van der Waals surface area contributed by atoms with Gasteiger partial charge >= 0.3 is 0 Å². The summed E-state index contributed by atoms with van der Waals surface area (Å²) in [6.07, 6.45) is 0. The SMILES string of the molecule is Cc1ccc(C)c(OCCNS(=O)(=O)c2cc(Cl)ccc2Cl)c1. The van der Waals surface area contributed by atoms with Crippen molar-refractivity contribution in [2.75, 3.05) is 13.2 Å². The lowest BCUT2D eigenvalue weighted by Gasteiger charge is -2.11. The van der Waals surface area contributed by atoms with Crippen LogP contribution in [-0.4, -0.2) is 21.6 Å². The van der Waals surface area contributed by atoms with Crippen LogP contribution in [0, 0.1) is 13.8 Å². The molecule has 0 aromatic heterocycles. The van der Waals surface area contributed by atoms with Crippen LogP contribution in [0.5, 0.6) is 5.75 Å². The van der Waals surface area contributed by atoms with E-state index in [1.807, 2.05) is 32.0 Å². The van der Waals surface area contributed by atoms with Gasteiger partial charge in [-0.05, 0) is 49.2 Å². The third-order valence-corrected chi connectivity index (χ3v) is 5.36. The number of aryl methyl sites for hydroxylation is 2. The van der Waals surface area contributed by atoms with Crippen molar-refractivity contribution in [3.63, 3.8) is 0 Å². The van der Waals surface area contributed by atoms with Crippen LogP contribution < -0.4 is 9.46 Å². The molecule has 0 atom stereocenters. The van der Waals surface area contributed by atoms with Crippen molar-refractivity contribution < 1.29 is 13.2 Å². The summed E-state index contributed by atoms with van der Waals surface area (Å²) >= 11 is 11.7. The quantitative estimate of drug-likeness (QED) is 0.779. The van der Waals surface area contributed by atoms with E-state index in [2.05, 4.69) is 4.72 Å². The summed E-state index contributed by atoms with van der Waals surface area (Å²) in [5.41, 5.74) is 2.08. The number of hydrogen-bond donors (Lipinski definition) is 1. The lowest BCUT2D eigenvalue weighted by Crippen LogP contribution is -2.28. The van der Waals surface area contributed by atoms with Gasteiger partial charge in [0.15, 0.2) is 0 Å². The molecule has 2 aromatic carbocycles. The molecule has 4 nitrogen and oxygen atoms in total. The zero-order chi connectivity index (χ0) is 17.0. The molecule has 0 aliphatic carbocycles. The molecule has 0 spiro atoms. The van der Waals surface area contributed by atoms with Gasteiger partial charge in [-0.25, -0.2) is 13.1 Å². The van der Waals surface area contributed by atoms with Gasteiger partial charge in [0.1, 0.15) is 17.3 Å². The molecule has 0 amide bonds. The van der Waals surface area contributed by atoms with E-state index < -0.39 is 10.0 Å². The third-order valence-electron chi connectivity index (χ3n) is 3.18. The highest BCUT2D eigenvalue weighted by Crippen LogP contribution is 2.24. The van der Waals surface area contributed by atoms with Crippen LogP contribution in [0.25, 0.3) is 0 Å². The van der Waals surface area contributed by atoms with Crippen molar-refractivity contribution >= 4 is 33.2 Å². The van der Waals surface area contributed by atoms with Gasteiger partial charge < -0.3 is 4.74 Å². The molecule has 0 heterocycles. The first-order valence-corrected chi connectivity index (χ1v) is 9.18. The lowest BCUT2D eigenvalue weighted by molar-refractivity contribution is 0.320. The summed E-state index contributed by atoms with van der Waals surface area (Å²) in [5, 5.41) is 0.429. The highest BCUT2D eigenvalue weighted by molar-refractivity contribution is 7.89. The molecule has 23 heavy (non-hydrogen) atoms. The Morgan fingerprint density at radius 1 is 1.09 bits per heavy atom. The number of hydrogen-bond acceptors (Lipinski definition) is 3. The van der Waals surface area contributed by atoms with Gasteiger partial charge in [-0.2, -0.15) is 0 Å². The highest BCUT2D eigenvalue weighted by atomic mass is 35.5. The second-order valence-corrected chi connectivity index (χ2v) is 7.67. The molecule has 0 saturated heterocycles. The van der Waals surface area contributed by atoms with Gasteiger partial charge in [-0.3, -0.25) is 0 Å². The summed E-state index contributed by atoms with van der Waals surface area (Å²) in [5.74, 6) is 0.741. The second-order valence-electron chi connectivity index (χ2n) is 5.09. The summed E-state index contributed by atoms with van der Waals surface area (Å²) < 4.78 is 32.5. The van der Waals surface area contributed by atoms with E-state index in [1.54, 1.807) is 0 Å². The van der Waals surface area contributed by atoms with Crippen molar-refractivity contribution in [1.82, 2.24) is 4.72 Å². The van der Waals surface area contributed by atoms with Gasteiger partial charge in [0.25, 0.3) is 0 Å². The smallest absolute Gasteiger partial charge is 0.242 e.